The molecule has 0 saturated heterocycles. The first-order chi connectivity index (χ1) is 27.8. The number of benzene rings is 8. The summed E-state index contributed by atoms with van der Waals surface area (Å²) in [6.45, 7) is 0. The summed E-state index contributed by atoms with van der Waals surface area (Å²) in [5, 5.41) is 5.05. The molecular formula is C51H32N4S. The van der Waals surface area contributed by atoms with Crippen molar-refractivity contribution in [3.63, 3.8) is 0 Å². The molecule has 5 heteroatoms. The predicted molar refractivity (Wildman–Crippen MR) is 234 cm³/mol. The maximum Gasteiger partial charge on any atom is 0.164 e. The normalized spacial score (nSPS) is 11.6. The number of para-hydroxylation sites is 1. The molecule has 11 aromatic rings. The molecule has 0 atom stereocenters. The number of thiophene rings is 1. The molecule has 0 fully saturated rings. The van der Waals surface area contributed by atoms with E-state index in [-0.39, 0.29) is 0 Å². The predicted octanol–water partition coefficient (Wildman–Crippen LogP) is 13.7. The molecular weight excluding hydrogens is 701 g/mol. The second kappa shape index (κ2) is 13.3. The van der Waals surface area contributed by atoms with Gasteiger partial charge in [-0.1, -0.05) is 152 Å². The zero-order valence-electron chi connectivity index (χ0n) is 30.2. The molecule has 3 heterocycles. The van der Waals surface area contributed by atoms with Crippen LogP contribution in [0.1, 0.15) is 0 Å². The zero-order chi connectivity index (χ0) is 37.0. The van der Waals surface area contributed by atoms with Crippen LogP contribution >= 0.6 is 11.3 Å². The Kier molecular flexibility index (Phi) is 7.64. The van der Waals surface area contributed by atoms with Gasteiger partial charge in [0, 0.05) is 53.3 Å². The van der Waals surface area contributed by atoms with E-state index < -0.39 is 0 Å². The van der Waals surface area contributed by atoms with Gasteiger partial charge in [-0.3, -0.25) is 0 Å². The van der Waals surface area contributed by atoms with E-state index in [0.717, 1.165) is 33.4 Å². The van der Waals surface area contributed by atoms with Gasteiger partial charge in [0.25, 0.3) is 0 Å². The van der Waals surface area contributed by atoms with Crippen LogP contribution in [0.25, 0.3) is 104 Å². The SMILES string of the molecule is c1ccc(-c2nc(-c3ccccc3)nc(-c3ccc(-n4c5ccccc5c5cc(-c6cccc7c6sc6c(-c8ccccc8)cccc67)ccc54)cc3)n2)cc1. The highest BCUT2D eigenvalue weighted by atomic mass is 32.1. The first kappa shape index (κ1) is 32.2. The molecule has 0 bridgehead atoms. The molecule has 11 rings (SSSR count). The molecule has 56 heavy (non-hydrogen) atoms. The molecule has 262 valence electrons. The maximum atomic E-state index is 4.96. The summed E-state index contributed by atoms with van der Waals surface area (Å²) in [5.74, 6) is 1.95. The Labute approximate surface area is 327 Å². The molecule has 0 unspecified atom stereocenters. The van der Waals surface area contributed by atoms with E-state index in [1.165, 1.54) is 53.2 Å². The minimum atomic E-state index is 0.641. The molecule has 0 spiro atoms. The molecule has 3 aromatic heterocycles. The lowest BCUT2D eigenvalue weighted by Crippen LogP contribution is -2.00. The highest BCUT2D eigenvalue weighted by molar-refractivity contribution is 7.26. The van der Waals surface area contributed by atoms with E-state index in [4.69, 9.17) is 15.0 Å². The minimum absolute atomic E-state index is 0.641. The van der Waals surface area contributed by atoms with Crippen LogP contribution < -0.4 is 0 Å². The number of rotatable bonds is 6. The standard InChI is InChI=1S/C51H32N4S/c1-4-14-33(15-5-1)39-21-12-23-42-43-24-13-22-40(48(43)56-47(39)42)37-28-31-46-44(32-37)41-20-10-11-25-45(41)55(46)38-29-26-36(27-30-38)51-53-49(34-16-6-2-7-17-34)52-50(54-51)35-18-8-3-9-19-35/h1-32H. The number of nitrogens with zero attached hydrogens (tertiary/aromatic N) is 4. The Morgan fingerprint density at radius 1 is 0.321 bits per heavy atom. The molecule has 4 nitrogen and oxygen atoms in total. The fourth-order valence-electron chi connectivity index (χ4n) is 8.01. The quantitative estimate of drug-likeness (QED) is 0.171. The largest absolute Gasteiger partial charge is 0.309 e. The Bertz CT molecular complexity index is 3160. The minimum Gasteiger partial charge on any atom is -0.309 e. The van der Waals surface area contributed by atoms with Crippen LogP contribution in [0.15, 0.2) is 194 Å². The van der Waals surface area contributed by atoms with Crippen molar-refractivity contribution in [3.05, 3.63) is 194 Å². The third-order valence-corrected chi connectivity index (χ3v) is 12.0. The number of hydrogen-bond donors (Lipinski definition) is 0. The summed E-state index contributed by atoms with van der Waals surface area (Å²) in [4.78, 5) is 14.8. The van der Waals surface area contributed by atoms with Crippen LogP contribution in [-0.2, 0) is 0 Å². The monoisotopic (exact) mass is 732 g/mol. The van der Waals surface area contributed by atoms with Gasteiger partial charge < -0.3 is 4.57 Å². The van der Waals surface area contributed by atoms with Crippen molar-refractivity contribution in [2.45, 2.75) is 0 Å². The average Bonchev–Trinajstić information content (AvgIpc) is 3.83. The second-order valence-corrected chi connectivity index (χ2v) is 15.0. The lowest BCUT2D eigenvalue weighted by molar-refractivity contribution is 1.07. The summed E-state index contributed by atoms with van der Waals surface area (Å²) < 4.78 is 5.00. The van der Waals surface area contributed by atoms with Crippen LogP contribution in [0.4, 0.5) is 0 Å². The van der Waals surface area contributed by atoms with Gasteiger partial charge in [-0.05, 0) is 64.7 Å². The van der Waals surface area contributed by atoms with Crippen LogP contribution in [0.3, 0.4) is 0 Å². The van der Waals surface area contributed by atoms with Crippen molar-refractivity contribution in [3.8, 4) is 62.1 Å². The fraction of sp³-hybridized carbons (Fsp3) is 0. The van der Waals surface area contributed by atoms with Crippen molar-refractivity contribution in [2.24, 2.45) is 0 Å². The van der Waals surface area contributed by atoms with Crippen LogP contribution in [0, 0.1) is 0 Å². The zero-order valence-corrected chi connectivity index (χ0v) is 31.0. The molecule has 0 radical (unpaired) electrons. The van der Waals surface area contributed by atoms with Gasteiger partial charge in [-0.2, -0.15) is 0 Å². The molecule has 0 aliphatic heterocycles. The summed E-state index contributed by atoms with van der Waals surface area (Å²) in [6.07, 6.45) is 0. The molecule has 0 N–H and O–H groups in total. The summed E-state index contributed by atoms with van der Waals surface area (Å²) in [6, 6.07) is 68.6. The smallest absolute Gasteiger partial charge is 0.164 e. The van der Waals surface area contributed by atoms with Crippen molar-refractivity contribution in [1.82, 2.24) is 19.5 Å². The van der Waals surface area contributed by atoms with E-state index in [1.807, 2.05) is 72.0 Å². The van der Waals surface area contributed by atoms with Crippen LogP contribution in [0.5, 0.6) is 0 Å². The fourth-order valence-corrected chi connectivity index (χ4v) is 9.38. The highest BCUT2D eigenvalue weighted by Crippen LogP contribution is 2.45. The lowest BCUT2D eigenvalue weighted by Gasteiger charge is -2.11. The van der Waals surface area contributed by atoms with Crippen LogP contribution in [0.2, 0.25) is 0 Å². The topological polar surface area (TPSA) is 43.6 Å². The second-order valence-electron chi connectivity index (χ2n) is 14.0. The highest BCUT2D eigenvalue weighted by Gasteiger charge is 2.18. The molecule has 0 aliphatic carbocycles. The lowest BCUT2D eigenvalue weighted by atomic mass is 9.99. The number of fused-ring (bicyclic) bond motifs is 6. The molecule has 0 amide bonds. The van der Waals surface area contributed by atoms with Gasteiger partial charge in [-0.15, -0.1) is 11.3 Å². The molecule has 8 aromatic carbocycles. The summed E-state index contributed by atoms with van der Waals surface area (Å²) in [5.41, 5.74) is 11.2. The van der Waals surface area contributed by atoms with E-state index in [0.29, 0.717) is 17.5 Å². The first-order valence-corrected chi connectivity index (χ1v) is 19.6. The van der Waals surface area contributed by atoms with Crippen molar-refractivity contribution < 1.29 is 0 Å². The maximum absolute atomic E-state index is 4.96. The van der Waals surface area contributed by atoms with E-state index in [2.05, 4.69) is 138 Å². The first-order valence-electron chi connectivity index (χ1n) is 18.8. The van der Waals surface area contributed by atoms with Gasteiger partial charge in [0.15, 0.2) is 17.5 Å². The third kappa shape index (κ3) is 5.40. The summed E-state index contributed by atoms with van der Waals surface area (Å²) in [7, 11) is 0. The average molecular weight is 733 g/mol. The third-order valence-electron chi connectivity index (χ3n) is 10.7. The van der Waals surface area contributed by atoms with Crippen LogP contribution in [-0.4, -0.2) is 19.5 Å². The van der Waals surface area contributed by atoms with E-state index in [1.54, 1.807) is 0 Å². The van der Waals surface area contributed by atoms with Crippen molar-refractivity contribution in [2.75, 3.05) is 0 Å². The summed E-state index contributed by atoms with van der Waals surface area (Å²) >= 11 is 1.89. The van der Waals surface area contributed by atoms with E-state index >= 15 is 0 Å². The van der Waals surface area contributed by atoms with E-state index in [9.17, 15) is 0 Å². The Morgan fingerprint density at radius 2 is 0.768 bits per heavy atom. The van der Waals surface area contributed by atoms with Crippen molar-refractivity contribution in [1.29, 1.82) is 0 Å². The van der Waals surface area contributed by atoms with Gasteiger partial charge in [0.05, 0.1) is 11.0 Å². The van der Waals surface area contributed by atoms with Crippen molar-refractivity contribution >= 4 is 53.3 Å². The molecule has 0 saturated carbocycles. The Hall–Kier alpha value is -7.21. The van der Waals surface area contributed by atoms with Gasteiger partial charge in [0.1, 0.15) is 0 Å². The molecule has 0 aliphatic rings. The number of aromatic nitrogens is 4. The van der Waals surface area contributed by atoms with Gasteiger partial charge >= 0.3 is 0 Å². The van der Waals surface area contributed by atoms with Gasteiger partial charge in [0.2, 0.25) is 0 Å². The van der Waals surface area contributed by atoms with Gasteiger partial charge in [-0.25, -0.2) is 15.0 Å². The number of hydrogen-bond acceptors (Lipinski definition) is 4. The Morgan fingerprint density at radius 3 is 1.36 bits per heavy atom. The Balaban J connectivity index is 1.02.